The summed E-state index contributed by atoms with van der Waals surface area (Å²) in [6, 6.07) is 12.7. The Morgan fingerprint density at radius 3 is 2.64 bits per heavy atom. The summed E-state index contributed by atoms with van der Waals surface area (Å²) in [5.41, 5.74) is 2.44. The SMILES string of the molecule is CPc1cccc(-c2cccnc2)c1. The van der Waals surface area contributed by atoms with Crippen molar-refractivity contribution >= 4 is 13.9 Å². The molecule has 70 valence electrons. The van der Waals surface area contributed by atoms with E-state index in [0.29, 0.717) is 0 Å². The van der Waals surface area contributed by atoms with Gasteiger partial charge in [0.15, 0.2) is 0 Å². The van der Waals surface area contributed by atoms with E-state index >= 15 is 0 Å². The second-order valence-corrected chi connectivity index (χ2v) is 4.15. The summed E-state index contributed by atoms with van der Waals surface area (Å²) in [5, 5.41) is 1.39. The van der Waals surface area contributed by atoms with Crippen LogP contribution in [0.3, 0.4) is 0 Å². The molecule has 0 aliphatic carbocycles. The van der Waals surface area contributed by atoms with Gasteiger partial charge >= 0.3 is 0 Å². The second-order valence-electron chi connectivity index (χ2n) is 3.07. The van der Waals surface area contributed by atoms with E-state index in [1.54, 1.807) is 6.20 Å². The smallest absolute Gasteiger partial charge is 0.0346 e. The highest BCUT2D eigenvalue weighted by atomic mass is 31.1. The number of nitrogens with zero attached hydrogens (tertiary/aromatic N) is 1. The summed E-state index contributed by atoms with van der Waals surface area (Å²) in [5.74, 6) is 0. The van der Waals surface area contributed by atoms with E-state index in [1.807, 2.05) is 12.3 Å². The van der Waals surface area contributed by atoms with Gasteiger partial charge in [0.25, 0.3) is 0 Å². The molecule has 0 N–H and O–H groups in total. The molecule has 0 radical (unpaired) electrons. The van der Waals surface area contributed by atoms with Crippen LogP contribution in [0.4, 0.5) is 0 Å². The van der Waals surface area contributed by atoms with Crippen molar-refractivity contribution in [3.8, 4) is 11.1 Å². The van der Waals surface area contributed by atoms with Gasteiger partial charge in [0.1, 0.15) is 0 Å². The highest BCUT2D eigenvalue weighted by Gasteiger charge is 1.97. The van der Waals surface area contributed by atoms with Gasteiger partial charge in [-0.3, -0.25) is 4.98 Å². The summed E-state index contributed by atoms with van der Waals surface area (Å²) in [6.07, 6.45) is 3.70. The summed E-state index contributed by atoms with van der Waals surface area (Å²) in [4.78, 5) is 4.12. The Bertz CT molecular complexity index is 412. The lowest BCUT2D eigenvalue weighted by molar-refractivity contribution is 1.33. The Labute approximate surface area is 86.0 Å². The maximum absolute atomic E-state index is 4.12. The van der Waals surface area contributed by atoms with Gasteiger partial charge in [0.05, 0.1) is 0 Å². The van der Waals surface area contributed by atoms with Gasteiger partial charge in [0, 0.05) is 18.0 Å². The average Bonchev–Trinajstić information content (AvgIpc) is 2.30. The fourth-order valence-corrected chi connectivity index (χ4v) is 1.95. The zero-order valence-corrected chi connectivity index (χ0v) is 9.07. The van der Waals surface area contributed by atoms with Gasteiger partial charge in [-0.1, -0.05) is 32.8 Å². The van der Waals surface area contributed by atoms with Crippen LogP contribution in [0.2, 0.25) is 0 Å². The van der Waals surface area contributed by atoms with E-state index in [2.05, 4.69) is 42.0 Å². The molecule has 0 bridgehead atoms. The van der Waals surface area contributed by atoms with Crippen molar-refractivity contribution in [3.05, 3.63) is 48.8 Å². The Hall–Kier alpha value is -1.20. The van der Waals surface area contributed by atoms with Crippen molar-refractivity contribution in [2.24, 2.45) is 0 Å². The fraction of sp³-hybridized carbons (Fsp3) is 0.0833. The molecule has 1 nitrogen and oxygen atoms in total. The molecule has 1 heterocycles. The number of hydrogen-bond donors (Lipinski definition) is 0. The van der Waals surface area contributed by atoms with Crippen molar-refractivity contribution in [1.29, 1.82) is 0 Å². The highest BCUT2D eigenvalue weighted by molar-refractivity contribution is 7.46. The van der Waals surface area contributed by atoms with Crippen LogP contribution in [0.5, 0.6) is 0 Å². The monoisotopic (exact) mass is 201 g/mol. The third-order valence-corrected chi connectivity index (χ3v) is 3.03. The first kappa shape index (κ1) is 9.36. The average molecular weight is 201 g/mol. The molecule has 0 fully saturated rings. The minimum atomic E-state index is 0.851. The van der Waals surface area contributed by atoms with Crippen molar-refractivity contribution < 1.29 is 0 Å². The molecule has 0 spiro atoms. The topological polar surface area (TPSA) is 12.9 Å². The summed E-state index contributed by atoms with van der Waals surface area (Å²) >= 11 is 0. The third kappa shape index (κ3) is 2.00. The normalized spacial score (nSPS) is 10.9. The predicted molar refractivity (Wildman–Crippen MR) is 63.5 cm³/mol. The number of rotatable bonds is 2. The first-order valence-corrected chi connectivity index (χ1v) is 6.08. The molecule has 1 aromatic carbocycles. The summed E-state index contributed by atoms with van der Waals surface area (Å²) in [6.45, 7) is 2.20. The first-order chi connectivity index (χ1) is 6.90. The molecule has 0 aliphatic rings. The lowest BCUT2D eigenvalue weighted by Gasteiger charge is -2.02. The summed E-state index contributed by atoms with van der Waals surface area (Å²) in [7, 11) is 0.851. The van der Waals surface area contributed by atoms with E-state index in [-0.39, 0.29) is 0 Å². The molecular formula is C12H12NP. The lowest BCUT2D eigenvalue weighted by Crippen LogP contribution is -1.92. The minimum Gasteiger partial charge on any atom is -0.264 e. The Balaban J connectivity index is 2.42. The van der Waals surface area contributed by atoms with Gasteiger partial charge in [0.2, 0.25) is 0 Å². The van der Waals surface area contributed by atoms with Crippen LogP contribution in [0.25, 0.3) is 11.1 Å². The molecule has 0 saturated heterocycles. The third-order valence-electron chi connectivity index (χ3n) is 2.15. The molecule has 1 aromatic heterocycles. The highest BCUT2D eigenvalue weighted by Crippen LogP contribution is 2.18. The summed E-state index contributed by atoms with van der Waals surface area (Å²) < 4.78 is 0. The van der Waals surface area contributed by atoms with Gasteiger partial charge in [-0.05, 0) is 29.7 Å². The zero-order valence-electron chi connectivity index (χ0n) is 8.07. The molecule has 2 aromatic rings. The maximum Gasteiger partial charge on any atom is 0.0346 e. The van der Waals surface area contributed by atoms with E-state index in [4.69, 9.17) is 0 Å². The first-order valence-electron chi connectivity index (χ1n) is 4.58. The van der Waals surface area contributed by atoms with Crippen molar-refractivity contribution in [2.45, 2.75) is 0 Å². The maximum atomic E-state index is 4.12. The van der Waals surface area contributed by atoms with Crippen LogP contribution in [-0.2, 0) is 0 Å². The van der Waals surface area contributed by atoms with E-state index in [0.717, 1.165) is 8.58 Å². The Kier molecular flexibility index (Phi) is 2.90. The van der Waals surface area contributed by atoms with Crippen LogP contribution in [0.15, 0.2) is 48.8 Å². The van der Waals surface area contributed by atoms with Crippen LogP contribution >= 0.6 is 8.58 Å². The quantitative estimate of drug-likeness (QED) is 0.681. The number of pyridine rings is 1. The van der Waals surface area contributed by atoms with Gasteiger partial charge < -0.3 is 0 Å². The van der Waals surface area contributed by atoms with Crippen molar-refractivity contribution in [1.82, 2.24) is 4.98 Å². The fourth-order valence-electron chi connectivity index (χ4n) is 1.39. The van der Waals surface area contributed by atoms with Crippen LogP contribution in [0, 0.1) is 0 Å². The predicted octanol–water partition coefficient (Wildman–Crippen LogP) is 2.68. The van der Waals surface area contributed by atoms with Crippen LogP contribution < -0.4 is 5.30 Å². The van der Waals surface area contributed by atoms with E-state index in [1.165, 1.54) is 16.4 Å². The zero-order chi connectivity index (χ0) is 9.80. The molecule has 0 aliphatic heterocycles. The molecular weight excluding hydrogens is 189 g/mol. The van der Waals surface area contributed by atoms with Gasteiger partial charge in [-0.25, -0.2) is 0 Å². The van der Waals surface area contributed by atoms with Crippen molar-refractivity contribution in [2.75, 3.05) is 6.66 Å². The minimum absolute atomic E-state index is 0.851. The second kappa shape index (κ2) is 4.34. The molecule has 14 heavy (non-hydrogen) atoms. The molecule has 0 saturated carbocycles. The van der Waals surface area contributed by atoms with Gasteiger partial charge in [-0.2, -0.15) is 0 Å². The lowest BCUT2D eigenvalue weighted by atomic mass is 10.1. The van der Waals surface area contributed by atoms with E-state index < -0.39 is 0 Å². The van der Waals surface area contributed by atoms with Crippen LogP contribution in [0.1, 0.15) is 0 Å². The van der Waals surface area contributed by atoms with Crippen LogP contribution in [-0.4, -0.2) is 11.6 Å². The number of benzene rings is 1. The standard InChI is InChI=1S/C12H12NP/c1-14-12-6-2-4-10(8-12)11-5-3-7-13-9-11/h2-9,14H,1H3. The molecule has 2 heteroatoms. The molecule has 2 rings (SSSR count). The Morgan fingerprint density at radius 2 is 1.93 bits per heavy atom. The van der Waals surface area contributed by atoms with Crippen molar-refractivity contribution in [3.63, 3.8) is 0 Å². The molecule has 1 unspecified atom stereocenters. The molecule has 1 atom stereocenters. The molecule has 0 amide bonds. The van der Waals surface area contributed by atoms with E-state index in [9.17, 15) is 0 Å². The number of hydrogen-bond acceptors (Lipinski definition) is 1. The van der Waals surface area contributed by atoms with Gasteiger partial charge in [-0.15, -0.1) is 0 Å². The Morgan fingerprint density at radius 1 is 1.07 bits per heavy atom. The largest absolute Gasteiger partial charge is 0.264 e. The number of aromatic nitrogens is 1.